The van der Waals surface area contributed by atoms with E-state index in [1.807, 2.05) is 13.8 Å². The van der Waals surface area contributed by atoms with E-state index in [4.69, 9.17) is 10.2 Å². The lowest BCUT2D eigenvalue weighted by atomic mass is 10.0. The second-order valence-electron chi connectivity index (χ2n) is 3.90. The lowest BCUT2D eigenvalue weighted by Crippen LogP contribution is -2.32. The Labute approximate surface area is 87.1 Å². The van der Waals surface area contributed by atoms with E-state index in [0.717, 1.165) is 0 Å². The van der Waals surface area contributed by atoms with Crippen LogP contribution in [0, 0.1) is 5.82 Å². The van der Waals surface area contributed by atoms with Crippen molar-refractivity contribution in [3.05, 3.63) is 29.9 Å². The highest BCUT2D eigenvalue weighted by Gasteiger charge is 2.25. The molecule has 1 aromatic carbocycles. The maximum atomic E-state index is 12.9. The Hall–Kier alpha value is -1.42. The molecule has 0 aliphatic carbocycles. The first-order valence-electron chi connectivity index (χ1n) is 4.88. The summed E-state index contributed by atoms with van der Waals surface area (Å²) in [7, 11) is 0. The van der Waals surface area contributed by atoms with Crippen LogP contribution in [0.1, 0.15) is 26.2 Å². The fourth-order valence-electron chi connectivity index (χ4n) is 1.29. The van der Waals surface area contributed by atoms with Gasteiger partial charge in [0.05, 0.1) is 5.54 Å². The number of fused-ring (bicyclic) bond motifs is 1. The summed E-state index contributed by atoms with van der Waals surface area (Å²) in [6.45, 7) is 3.80. The van der Waals surface area contributed by atoms with Crippen LogP contribution in [-0.4, -0.2) is 4.98 Å². The van der Waals surface area contributed by atoms with Crippen molar-refractivity contribution in [2.75, 3.05) is 0 Å². The molecule has 15 heavy (non-hydrogen) atoms. The molecular weight excluding hydrogens is 195 g/mol. The van der Waals surface area contributed by atoms with Gasteiger partial charge in [-0.15, -0.1) is 0 Å². The number of oxazole rings is 1. The Balaban J connectivity index is 2.56. The minimum atomic E-state index is -0.602. The Morgan fingerprint density at radius 1 is 1.53 bits per heavy atom. The zero-order chi connectivity index (χ0) is 11.1. The van der Waals surface area contributed by atoms with E-state index in [9.17, 15) is 4.39 Å². The molecule has 0 aliphatic rings. The molecule has 3 nitrogen and oxygen atoms in total. The Morgan fingerprint density at radius 3 is 2.93 bits per heavy atom. The minimum Gasteiger partial charge on any atom is -0.439 e. The van der Waals surface area contributed by atoms with Crippen molar-refractivity contribution in [2.45, 2.75) is 25.8 Å². The van der Waals surface area contributed by atoms with Crippen molar-refractivity contribution in [3.8, 4) is 0 Å². The number of halogens is 1. The van der Waals surface area contributed by atoms with Gasteiger partial charge in [0.2, 0.25) is 5.89 Å². The van der Waals surface area contributed by atoms with E-state index in [2.05, 4.69) is 4.98 Å². The number of benzene rings is 1. The molecule has 1 aromatic heterocycles. The van der Waals surface area contributed by atoms with Gasteiger partial charge in [0.1, 0.15) is 11.3 Å². The van der Waals surface area contributed by atoms with Crippen molar-refractivity contribution < 1.29 is 8.81 Å². The van der Waals surface area contributed by atoms with Crippen LogP contribution < -0.4 is 5.73 Å². The molecule has 4 heteroatoms. The lowest BCUT2D eigenvalue weighted by Gasteiger charge is -2.17. The number of rotatable bonds is 2. The van der Waals surface area contributed by atoms with Crippen LogP contribution in [0.15, 0.2) is 22.6 Å². The summed E-state index contributed by atoms with van der Waals surface area (Å²) in [4.78, 5) is 4.24. The maximum Gasteiger partial charge on any atom is 0.215 e. The summed E-state index contributed by atoms with van der Waals surface area (Å²) in [5.41, 5.74) is 6.46. The van der Waals surface area contributed by atoms with Gasteiger partial charge in [-0.05, 0) is 25.5 Å². The first kappa shape index (κ1) is 10.1. The molecule has 0 aliphatic heterocycles. The van der Waals surface area contributed by atoms with Gasteiger partial charge >= 0.3 is 0 Å². The monoisotopic (exact) mass is 208 g/mol. The molecule has 0 amide bonds. The van der Waals surface area contributed by atoms with Gasteiger partial charge in [-0.2, -0.15) is 0 Å². The molecule has 1 unspecified atom stereocenters. The highest BCUT2D eigenvalue weighted by molar-refractivity contribution is 5.72. The smallest absolute Gasteiger partial charge is 0.215 e. The average Bonchev–Trinajstić information content (AvgIpc) is 2.61. The summed E-state index contributed by atoms with van der Waals surface area (Å²) in [5.74, 6) is 0.117. The number of nitrogens with two attached hydrogens (primary N) is 1. The first-order valence-corrected chi connectivity index (χ1v) is 4.88. The molecule has 0 bridgehead atoms. The van der Waals surface area contributed by atoms with E-state index in [1.165, 1.54) is 12.1 Å². The summed E-state index contributed by atoms with van der Waals surface area (Å²) >= 11 is 0. The molecule has 0 spiro atoms. The van der Waals surface area contributed by atoms with Crippen LogP contribution in [-0.2, 0) is 5.54 Å². The molecule has 0 saturated carbocycles. The summed E-state index contributed by atoms with van der Waals surface area (Å²) < 4.78 is 18.3. The van der Waals surface area contributed by atoms with Crippen molar-refractivity contribution in [2.24, 2.45) is 5.73 Å². The SMILES string of the molecule is CCC(C)(N)c1nc2ccc(F)cc2o1. The zero-order valence-electron chi connectivity index (χ0n) is 8.75. The molecule has 2 rings (SSSR count). The molecule has 1 atom stereocenters. The third kappa shape index (κ3) is 1.72. The van der Waals surface area contributed by atoms with Gasteiger partial charge in [0.15, 0.2) is 5.58 Å². The third-order valence-corrected chi connectivity index (χ3v) is 2.57. The fraction of sp³-hybridized carbons (Fsp3) is 0.364. The Kier molecular flexibility index (Phi) is 2.23. The number of hydrogen-bond donors (Lipinski definition) is 1. The van der Waals surface area contributed by atoms with Gasteiger partial charge in [-0.3, -0.25) is 0 Å². The maximum absolute atomic E-state index is 12.9. The second-order valence-corrected chi connectivity index (χ2v) is 3.90. The van der Waals surface area contributed by atoms with Crippen LogP contribution in [0.25, 0.3) is 11.1 Å². The fourth-order valence-corrected chi connectivity index (χ4v) is 1.29. The third-order valence-electron chi connectivity index (χ3n) is 2.57. The molecular formula is C11H13FN2O. The molecule has 0 fully saturated rings. The quantitative estimate of drug-likeness (QED) is 0.825. The number of hydrogen-bond acceptors (Lipinski definition) is 3. The normalized spacial score (nSPS) is 15.5. The lowest BCUT2D eigenvalue weighted by molar-refractivity contribution is 0.356. The largest absolute Gasteiger partial charge is 0.439 e. The van der Waals surface area contributed by atoms with Gasteiger partial charge in [-0.25, -0.2) is 9.37 Å². The molecule has 0 radical (unpaired) electrons. The summed E-state index contributed by atoms with van der Waals surface area (Å²) in [5, 5.41) is 0. The minimum absolute atomic E-state index is 0.333. The average molecular weight is 208 g/mol. The highest BCUT2D eigenvalue weighted by atomic mass is 19.1. The van der Waals surface area contributed by atoms with Crippen LogP contribution in [0.2, 0.25) is 0 Å². The highest BCUT2D eigenvalue weighted by Crippen LogP contribution is 2.25. The first-order chi connectivity index (χ1) is 7.03. The zero-order valence-corrected chi connectivity index (χ0v) is 8.75. The predicted octanol–water partition coefficient (Wildman–Crippen LogP) is 2.55. The van der Waals surface area contributed by atoms with Gasteiger partial charge in [0.25, 0.3) is 0 Å². The summed E-state index contributed by atoms with van der Waals surface area (Å²) in [6, 6.07) is 4.26. The van der Waals surface area contributed by atoms with Crippen molar-refractivity contribution >= 4 is 11.1 Å². The van der Waals surface area contributed by atoms with Crippen LogP contribution >= 0.6 is 0 Å². The molecule has 1 heterocycles. The predicted molar refractivity (Wildman–Crippen MR) is 55.8 cm³/mol. The standard InChI is InChI=1S/C11H13FN2O/c1-3-11(2,13)10-14-8-5-4-7(12)6-9(8)15-10/h4-6H,3,13H2,1-2H3. The molecule has 80 valence electrons. The second kappa shape index (κ2) is 3.31. The molecule has 2 N–H and O–H groups in total. The van der Waals surface area contributed by atoms with Crippen LogP contribution in [0.4, 0.5) is 4.39 Å². The number of aromatic nitrogens is 1. The van der Waals surface area contributed by atoms with Crippen molar-refractivity contribution in [1.29, 1.82) is 0 Å². The van der Waals surface area contributed by atoms with Crippen molar-refractivity contribution in [1.82, 2.24) is 4.98 Å². The van der Waals surface area contributed by atoms with E-state index < -0.39 is 5.54 Å². The topological polar surface area (TPSA) is 52.0 Å². The van der Waals surface area contributed by atoms with Gasteiger partial charge in [0, 0.05) is 6.07 Å². The summed E-state index contributed by atoms with van der Waals surface area (Å²) in [6.07, 6.45) is 0.711. The molecule has 0 saturated heterocycles. The van der Waals surface area contributed by atoms with E-state index in [0.29, 0.717) is 23.4 Å². The number of nitrogens with zero attached hydrogens (tertiary/aromatic N) is 1. The van der Waals surface area contributed by atoms with Gasteiger partial charge < -0.3 is 10.2 Å². The Bertz CT molecular complexity index is 490. The van der Waals surface area contributed by atoms with Crippen molar-refractivity contribution in [3.63, 3.8) is 0 Å². The van der Waals surface area contributed by atoms with Crippen LogP contribution in [0.3, 0.4) is 0 Å². The van der Waals surface area contributed by atoms with E-state index in [1.54, 1.807) is 6.07 Å². The van der Waals surface area contributed by atoms with E-state index in [-0.39, 0.29) is 5.82 Å². The Morgan fingerprint density at radius 2 is 2.27 bits per heavy atom. The van der Waals surface area contributed by atoms with E-state index >= 15 is 0 Å². The van der Waals surface area contributed by atoms with Gasteiger partial charge in [-0.1, -0.05) is 6.92 Å². The molecule has 2 aromatic rings. The van der Waals surface area contributed by atoms with Crippen LogP contribution in [0.5, 0.6) is 0 Å².